The summed E-state index contributed by atoms with van der Waals surface area (Å²) in [6, 6.07) is 0. The second-order valence-electron chi connectivity index (χ2n) is 4.30. The van der Waals surface area contributed by atoms with Crippen LogP contribution >= 0.6 is 10.7 Å². The van der Waals surface area contributed by atoms with E-state index in [4.69, 9.17) is 24.9 Å². The molecule has 16 heavy (non-hydrogen) atoms. The van der Waals surface area contributed by atoms with E-state index < -0.39 is 20.8 Å². The van der Waals surface area contributed by atoms with Crippen LogP contribution in [0.5, 0.6) is 0 Å². The minimum absolute atomic E-state index is 0.212. The predicted molar refractivity (Wildman–Crippen MR) is 58.1 cm³/mol. The van der Waals surface area contributed by atoms with Gasteiger partial charge in [-0.25, -0.2) is 8.42 Å². The molecule has 0 bridgehead atoms. The quantitative estimate of drug-likeness (QED) is 0.685. The third-order valence-corrected chi connectivity index (χ3v) is 3.90. The third kappa shape index (κ3) is 3.30. The molecular formula is C9H15ClO5S. The first-order chi connectivity index (χ1) is 7.49. The second kappa shape index (κ2) is 4.78. The van der Waals surface area contributed by atoms with Gasteiger partial charge < -0.3 is 14.2 Å². The van der Waals surface area contributed by atoms with Gasteiger partial charge in [0.25, 0.3) is 0 Å². The van der Waals surface area contributed by atoms with E-state index in [1.54, 1.807) is 0 Å². The normalized spacial score (nSPS) is 36.4. The van der Waals surface area contributed by atoms with Crippen molar-refractivity contribution in [1.29, 1.82) is 0 Å². The monoisotopic (exact) mass is 270 g/mol. The second-order valence-corrected chi connectivity index (χ2v) is 7.12. The molecule has 0 radical (unpaired) electrons. The van der Waals surface area contributed by atoms with E-state index >= 15 is 0 Å². The Labute approximate surface area is 99.4 Å². The van der Waals surface area contributed by atoms with Crippen LogP contribution in [0.15, 0.2) is 0 Å². The van der Waals surface area contributed by atoms with Crippen LogP contribution in [-0.4, -0.2) is 52.3 Å². The molecule has 0 aromatic rings. The van der Waals surface area contributed by atoms with Crippen molar-refractivity contribution in [3.05, 3.63) is 0 Å². The predicted octanol–water partition coefficient (Wildman–Crippen LogP) is 0.520. The van der Waals surface area contributed by atoms with E-state index in [2.05, 4.69) is 0 Å². The maximum atomic E-state index is 11.0. The van der Waals surface area contributed by atoms with Crippen molar-refractivity contribution in [3.63, 3.8) is 0 Å². The molecule has 94 valence electrons. The van der Waals surface area contributed by atoms with Crippen molar-refractivity contribution in [2.24, 2.45) is 0 Å². The minimum atomic E-state index is -3.55. The Balaban J connectivity index is 1.98. The number of ether oxygens (including phenoxy) is 3. The van der Waals surface area contributed by atoms with Gasteiger partial charge in [0, 0.05) is 17.3 Å². The van der Waals surface area contributed by atoms with E-state index in [-0.39, 0.29) is 12.4 Å². The Kier molecular flexibility index (Phi) is 3.75. The first kappa shape index (κ1) is 12.6. The molecule has 7 heteroatoms. The first-order valence-corrected chi connectivity index (χ1v) is 7.73. The number of halogens is 1. The van der Waals surface area contributed by atoms with Crippen LogP contribution in [0, 0.1) is 0 Å². The molecule has 1 spiro atoms. The van der Waals surface area contributed by atoms with Gasteiger partial charge in [-0.15, -0.1) is 0 Å². The molecule has 5 nitrogen and oxygen atoms in total. The lowest BCUT2D eigenvalue weighted by Crippen LogP contribution is -2.53. The fraction of sp³-hybridized carbons (Fsp3) is 1.00. The van der Waals surface area contributed by atoms with Gasteiger partial charge in [-0.3, -0.25) is 0 Å². The number of rotatable bonds is 2. The Hall–Kier alpha value is 0.120. The Morgan fingerprint density at radius 2 is 2.06 bits per heavy atom. The molecule has 0 saturated carbocycles. The summed E-state index contributed by atoms with van der Waals surface area (Å²) in [5, 5.41) is 0. The fourth-order valence-electron chi connectivity index (χ4n) is 2.14. The highest BCUT2D eigenvalue weighted by molar-refractivity contribution is 8.13. The maximum absolute atomic E-state index is 11.0. The highest BCUT2D eigenvalue weighted by Crippen LogP contribution is 2.29. The van der Waals surface area contributed by atoms with Crippen LogP contribution in [0.25, 0.3) is 0 Å². The van der Waals surface area contributed by atoms with Gasteiger partial charge in [-0.05, 0) is 12.8 Å². The zero-order valence-electron chi connectivity index (χ0n) is 8.85. The highest BCUT2D eigenvalue weighted by atomic mass is 35.7. The summed E-state index contributed by atoms with van der Waals surface area (Å²) in [7, 11) is 1.65. The lowest BCUT2D eigenvalue weighted by molar-refractivity contribution is -0.228. The zero-order chi connectivity index (χ0) is 11.6. The van der Waals surface area contributed by atoms with Crippen molar-refractivity contribution in [3.8, 4) is 0 Å². The van der Waals surface area contributed by atoms with E-state index in [9.17, 15) is 8.42 Å². The summed E-state index contributed by atoms with van der Waals surface area (Å²) in [4.78, 5) is 0. The van der Waals surface area contributed by atoms with Crippen molar-refractivity contribution < 1.29 is 22.6 Å². The van der Waals surface area contributed by atoms with E-state index in [0.717, 1.165) is 19.4 Å². The summed E-state index contributed by atoms with van der Waals surface area (Å²) >= 11 is 0. The number of hydrogen-bond donors (Lipinski definition) is 0. The molecule has 2 saturated heterocycles. The smallest absolute Gasteiger partial charge is 0.235 e. The zero-order valence-corrected chi connectivity index (χ0v) is 10.4. The molecule has 2 rings (SSSR count). The van der Waals surface area contributed by atoms with Crippen molar-refractivity contribution in [2.45, 2.75) is 24.5 Å². The Bertz CT molecular complexity index is 330. The summed E-state index contributed by atoms with van der Waals surface area (Å²) in [6.45, 7) is 1.93. The van der Waals surface area contributed by atoms with Crippen LogP contribution in [0.4, 0.5) is 0 Å². The van der Waals surface area contributed by atoms with Gasteiger partial charge >= 0.3 is 0 Å². The molecule has 2 unspecified atom stereocenters. The van der Waals surface area contributed by atoms with Crippen LogP contribution in [0.1, 0.15) is 12.8 Å². The summed E-state index contributed by atoms with van der Waals surface area (Å²) < 4.78 is 38.5. The largest absolute Gasteiger partial charge is 0.378 e. The van der Waals surface area contributed by atoms with Gasteiger partial charge in [0.1, 0.15) is 5.60 Å². The minimum Gasteiger partial charge on any atom is -0.378 e. The van der Waals surface area contributed by atoms with E-state index in [1.807, 2.05) is 0 Å². The average molecular weight is 271 g/mol. The van der Waals surface area contributed by atoms with E-state index in [1.165, 1.54) is 0 Å². The lowest BCUT2D eigenvalue weighted by Gasteiger charge is -2.42. The topological polar surface area (TPSA) is 61.8 Å². The SMILES string of the molecule is O=S(=O)(Cl)CC1COCC2(CCCOC2)O1. The summed E-state index contributed by atoms with van der Waals surface area (Å²) in [5.74, 6) is -0.212. The van der Waals surface area contributed by atoms with Crippen molar-refractivity contribution >= 4 is 19.7 Å². The van der Waals surface area contributed by atoms with Gasteiger partial charge in [-0.2, -0.15) is 0 Å². The molecular weight excluding hydrogens is 256 g/mol. The van der Waals surface area contributed by atoms with Crippen LogP contribution in [-0.2, 0) is 23.3 Å². The van der Waals surface area contributed by atoms with Gasteiger partial charge in [0.2, 0.25) is 9.05 Å². The maximum Gasteiger partial charge on any atom is 0.235 e. The average Bonchev–Trinajstić information content (AvgIpc) is 2.16. The molecule has 2 fully saturated rings. The molecule has 0 aromatic heterocycles. The molecule has 0 aliphatic carbocycles. The third-order valence-electron chi connectivity index (χ3n) is 2.76. The van der Waals surface area contributed by atoms with E-state index in [0.29, 0.717) is 13.2 Å². The van der Waals surface area contributed by atoms with Crippen LogP contribution in [0.3, 0.4) is 0 Å². The molecule has 0 N–H and O–H groups in total. The molecule has 2 heterocycles. The molecule has 2 aliphatic rings. The lowest BCUT2D eigenvalue weighted by atomic mass is 9.96. The number of hydrogen-bond acceptors (Lipinski definition) is 5. The van der Waals surface area contributed by atoms with Gasteiger partial charge in [0.15, 0.2) is 0 Å². The fourth-order valence-corrected chi connectivity index (χ4v) is 3.17. The highest BCUT2D eigenvalue weighted by Gasteiger charge is 2.41. The Morgan fingerprint density at radius 1 is 1.31 bits per heavy atom. The molecule has 2 aliphatic heterocycles. The molecule has 2 atom stereocenters. The van der Waals surface area contributed by atoms with Gasteiger partial charge in [-0.1, -0.05) is 0 Å². The molecule has 0 amide bonds. The van der Waals surface area contributed by atoms with Crippen LogP contribution < -0.4 is 0 Å². The molecule has 0 aromatic carbocycles. The summed E-state index contributed by atoms with van der Waals surface area (Å²) in [5.41, 5.74) is -0.469. The first-order valence-electron chi connectivity index (χ1n) is 5.25. The Morgan fingerprint density at radius 3 is 2.69 bits per heavy atom. The van der Waals surface area contributed by atoms with Crippen LogP contribution in [0.2, 0.25) is 0 Å². The van der Waals surface area contributed by atoms with Gasteiger partial charge in [0.05, 0.1) is 31.7 Å². The standard InChI is InChI=1S/C9H15ClO5S/c10-16(11,12)5-8-4-14-7-9(15-8)2-1-3-13-6-9/h8H,1-7H2. The van der Waals surface area contributed by atoms with Crippen molar-refractivity contribution in [2.75, 3.05) is 32.2 Å². The summed E-state index contributed by atoms with van der Waals surface area (Å²) in [6.07, 6.45) is 1.26. The van der Waals surface area contributed by atoms with Crippen molar-refractivity contribution in [1.82, 2.24) is 0 Å².